The van der Waals surface area contributed by atoms with Gasteiger partial charge in [-0.05, 0) is 45.9 Å². The van der Waals surface area contributed by atoms with Crippen LogP contribution in [0.25, 0.3) is 28.0 Å². The normalized spacial score (nSPS) is 23.2. The number of rotatable bonds is 0. The smallest absolute Gasteiger partial charge is 0.204 e. The van der Waals surface area contributed by atoms with Gasteiger partial charge in [-0.3, -0.25) is 4.79 Å². The number of fused-ring (bicyclic) bond motifs is 4. The highest BCUT2D eigenvalue weighted by atomic mass is 16.5. The molecule has 3 aromatic rings. The first-order chi connectivity index (χ1) is 14.4. The summed E-state index contributed by atoms with van der Waals surface area (Å²) >= 11 is 0. The fraction of sp³-hybridized carbons (Fsp3) is 0.348. The molecule has 2 aromatic carbocycles. The Balaban J connectivity index is 1.86. The van der Waals surface area contributed by atoms with Crippen LogP contribution in [0.2, 0.25) is 0 Å². The molecule has 8 heteroatoms. The summed E-state index contributed by atoms with van der Waals surface area (Å²) in [7, 11) is 0. The van der Waals surface area contributed by atoms with Crippen molar-refractivity contribution in [1.82, 2.24) is 0 Å². The number of hydrogen-bond acceptors (Lipinski definition) is 8. The van der Waals surface area contributed by atoms with Crippen molar-refractivity contribution in [3.63, 3.8) is 0 Å². The lowest BCUT2D eigenvalue weighted by Gasteiger charge is -2.40. The van der Waals surface area contributed by atoms with Crippen molar-refractivity contribution in [2.45, 2.75) is 51.1 Å². The Morgan fingerprint density at radius 1 is 1.00 bits per heavy atom. The third kappa shape index (κ3) is 2.65. The summed E-state index contributed by atoms with van der Waals surface area (Å²) in [4.78, 5) is 13.3. The largest absolute Gasteiger partial charge is 0.506 e. The molecule has 2 aliphatic heterocycles. The van der Waals surface area contributed by atoms with Crippen LogP contribution in [0.1, 0.15) is 44.9 Å². The Kier molecular flexibility index (Phi) is 3.77. The third-order valence-corrected chi connectivity index (χ3v) is 5.91. The van der Waals surface area contributed by atoms with E-state index in [-0.39, 0.29) is 39.0 Å². The molecule has 1 aromatic heterocycles. The van der Waals surface area contributed by atoms with E-state index < -0.39 is 34.6 Å². The number of benzene rings is 2. The summed E-state index contributed by atoms with van der Waals surface area (Å²) in [5, 5.41) is 42.4. The minimum Gasteiger partial charge on any atom is -0.506 e. The molecule has 0 fully saturated rings. The van der Waals surface area contributed by atoms with Crippen LogP contribution in [0.5, 0.6) is 23.0 Å². The summed E-state index contributed by atoms with van der Waals surface area (Å²) in [6.07, 6.45) is 0.774. The number of aliphatic hydroxyl groups excluding tert-OH is 2. The van der Waals surface area contributed by atoms with E-state index in [1.54, 1.807) is 26.0 Å². The Morgan fingerprint density at radius 3 is 2.42 bits per heavy atom. The number of phenols is 2. The van der Waals surface area contributed by atoms with Crippen LogP contribution >= 0.6 is 0 Å². The summed E-state index contributed by atoms with van der Waals surface area (Å²) in [6.45, 7) is 6.84. The van der Waals surface area contributed by atoms with Gasteiger partial charge in [0.05, 0.1) is 10.9 Å². The second-order valence-electron chi connectivity index (χ2n) is 9.10. The fourth-order valence-electron chi connectivity index (χ4n) is 4.16. The quantitative estimate of drug-likeness (QED) is 0.404. The first-order valence-electron chi connectivity index (χ1n) is 9.87. The highest BCUT2D eigenvalue weighted by Crippen LogP contribution is 2.49. The van der Waals surface area contributed by atoms with E-state index in [2.05, 4.69) is 0 Å². The van der Waals surface area contributed by atoms with E-state index in [1.165, 1.54) is 12.1 Å². The maximum Gasteiger partial charge on any atom is 0.204 e. The molecule has 162 valence electrons. The molecule has 0 aliphatic carbocycles. The Hall–Kier alpha value is -3.23. The number of aromatic hydroxyl groups is 2. The number of hydrogen-bond donors (Lipinski definition) is 4. The van der Waals surface area contributed by atoms with Crippen LogP contribution in [0.4, 0.5) is 0 Å². The zero-order valence-corrected chi connectivity index (χ0v) is 17.4. The van der Waals surface area contributed by atoms with Gasteiger partial charge in [0, 0.05) is 11.6 Å². The van der Waals surface area contributed by atoms with Gasteiger partial charge in [0.15, 0.2) is 11.3 Å². The second kappa shape index (κ2) is 5.93. The van der Waals surface area contributed by atoms with Crippen LogP contribution in [0.15, 0.2) is 27.4 Å². The van der Waals surface area contributed by atoms with E-state index >= 15 is 0 Å². The molecule has 3 heterocycles. The lowest BCUT2D eigenvalue weighted by atomic mass is 9.87. The minimum absolute atomic E-state index is 0.0331. The van der Waals surface area contributed by atoms with E-state index in [0.717, 1.165) is 0 Å². The van der Waals surface area contributed by atoms with Crippen molar-refractivity contribution < 1.29 is 34.3 Å². The van der Waals surface area contributed by atoms with Crippen molar-refractivity contribution in [1.29, 1.82) is 0 Å². The van der Waals surface area contributed by atoms with E-state index in [0.29, 0.717) is 11.3 Å². The first-order valence-corrected chi connectivity index (χ1v) is 9.87. The molecule has 5 rings (SSSR count). The van der Waals surface area contributed by atoms with Crippen molar-refractivity contribution in [3.05, 3.63) is 39.6 Å². The predicted octanol–water partition coefficient (Wildman–Crippen LogP) is 3.11. The van der Waals surface area contributed by atoms with Gasteiger partial charge in [-0.15, -0.1) is 0 Å². The van der Waals surface area contributed by atoms with Crippen molar-refractivity contribution in [2.75, 3.05) is 0 Å². The molecule has 0 bridgehead atoms. The molecule has 2 atom stereocenters. The SMILES string of the molecule is CC1(C)C=Cc2c(cc3oc4c(O)c5c(cc4c(=O)c3c2O)[C@H](O)[C@@H](O)C(C)(C)O5)O1. The first kappa shape index (κ1) is 19.7. The van der Waals surface area contributed by atoms with E-state index in [9.17, 15) is 25.2 Å². The van der Waals surface area contributed by atoms with Gasteiger partial charge in [0.1, 0.15) is 45.9 Å². The molecule has 31 heavy (non-hydrogen) atoms. The lowest BCUT2D eigenvalue weighted by molar-refractivity contribution is -0.112. The highest BCUT2D eigenvalue weighted by Gasteiger charge is 2.44. The molecule has 0 radical (unpaired) electrons. The van der Waals surface area contributed by atoms with Gasteiger partial charge >= 0.3 is 0 Å². The van der Waals surface area contributed by atoms with E-state index in [1.807, 2.05) is 13.8 Å². The molecule has 0 unspecified atom stereocenters. The molecule has 0 saturated carbocycles. The molecule has 2 aliphatic rings. The zero-order chi connectivity index (χ0) is 22.5. The van der Waals surface area contributed by atoms with Gasteiger partial charge < -0.3 is 34.3 Å². The summed E-state index contributed by atoms with van der Waals surface area (Å²) in [6, 6.07) is 2.81. The average molecular weight is 426 g/mol. The van der Waals surface area contributed by atoms with Crippen LogP contribution < -0.4 is 14.9 Å². The fourth-order valence-corrected chi connectivity index (χ4v) is 4.16. The van der Waals surface area contributed by atoms with Gasteiger partial charge in [-0.25, -0.2) is 0 Å². The van der Waals surface area contributed by atoms with Crippen molar-refractivity contribution in [3.8, 4) is 23.0 Å². The third-order valence-electron chi connectivity index (χ3n) is 5.91. The van der Waals surface area contributed by atoms with Crippen LogP contribution in [0.3, 0.4) is 0 Å². The summed E-state index contributed by atoms with van der Waals surface area (Å²) in [5.74, 6) is -0.498. The molecule has 8 nitrogen and oxygen atoms in total. The van der Waals surface area contributed by atoms with E-state index in [4.69, 9.17) is 13.9 Å². The number of ether oxygens (including phenoxy) is 2. The van der Waals surface area contributed by atoms with Crippen LogP contribution in [0, 0.1) is 0 Å². The van der Waals surface area contributed by atoms with Crippen molar-refractivity contribution >= 4 is 28.0 Å². The minimum atomic E-state index is -1.39. The molecular weight excluding hydrogens is 404 g/mol. The molecule has 4 N–H and O–H groups in total. The average Bonchev–Trinajstić information content (AvgIpc) is 2.67. The standard InChI is InChI=1S/C23H22O8/c1-22(2)6-5-9-12(30-22)8-13-14(15(9)24)16(25)10-7-11-17(26)21(28)23(3,4)31-20(11)18(27)19(10)29-13/h5-8,17,21,24,26-28H,1-4H3/t17-,21+/m0/s1. The predicted molar refractivity (Wildman–Crippen MR) is 113 cm³/mol. The monoisotopic (exact) mass is 426 g/mol. The molecule has 0 saturated heterocycles. The molecule has 0 amide bonds. The number of phenolic OH excluding ortho intramolecular Hbond substituents is 2. The van der Waals surface area contributed by atoms with Crippen LogP contribution in [-0.4, -0.2) is 37.7 Å². The molecule has 0 spiro atoms. The van der Waals surface area contributed by atoms with Crippen molar-refractivity contribution in [2.24, 2.45) is 0 Å². The Morgan fingerprint density at radius 2 is 1.71 bits per heavy atom. The second-order valence-corrected chi connectivity index (χ2v) is 9.10. The Bertz CT molecular complexity index is 1360. The highest BCUT2D eigenvalue weighted by molar-refractivity contribution is 5.99. The molecular formula is C23H22O8. The van der Waals surface area contributed by atoms with Crippen LogP contribution in [-0.2, 0) is 0 Å². The van der Waals surface area contributed by atoms with Gasteiger partial charge in [0.25, 0.3) is 0 Å². The maximum atomic E-state index is 13.3. The zero-order valence-electron chi connectivity index (χ0n) is 17.4. The maximum absolute atomic E-state index is 13.3. The summed E-state index contributed by atoms with van der Waals surface area (Å²) in [5.41, 5.74) is -2.10. The topological polar surface area (TPSA) is 130 Å². The Labute approximate surface area is 176 Å². The number of aliphatic hydroxyl groups is 2. The lowest BCUT2D eigenvalue weighted by Crippen LogP contribution is -2.48. The summed E-state index contributed by atoms with van der Waals surface area (Å²) < 4.78 is 17.4. The van der Waals surface area contributed by atoms with Gasteiger partial charge in [0.2, 0.25) is 11.2 Å². The van der Waals surface area contributed by atoms with Gasteiger partial charge in [-0.2, -0.15) is 0 Å². The van der Waals surface area contributed by atoms with Gasteiger partial charge in [-0.1, -0.05) is 0 Å².